The zero-order chi connectivity index (χ0) is 11.2. The molecular formula is C12H19ClN2OS. The first-order chi connectivity index (χ1) is 7.86. The minimum absolute atomic E-state index is 0. The number of piperidine rings is 1. The van der Waals surface area contributed by atoms with Crippen molar-refractivity contribution >= 4 is 29.7 Å². The molecule has 1 atom stereocenters. The number of carbonyl (C=O) groups excluding carboxylic acids is 1. The fourth-order valence-electron chi connectivity index (χ4n) is 2.06. The highest BCUT2D eigenvalue weighted by atomic mass is 35.5. The van der Waals surface area contributed by atoms with Crippen molar-refractivity contribution < 1.29 is 4.79 Å². The number of hydrogen-bond donors (Lipinski definition) is 2. The average Bonchev–Trinajstić information content (AvgIpc) is 2.84. The molecule has 96 valence electrons. The fraction of sp³-hybridized carbons (Fsp3) is 0.583. The van der Waals surface area contributed by atoms with Crippen LogP contribution in [0.4, 0.5) is 0 Å². The lowest BCUT2D eigenvalue weighted by molar-refractivity contribution is 0.0954. The third-order valence-electron chi connectivity index (χ3n) is 2.98. The van der Waals surface area contributed by atoms with Crippen LogP contribution in [-0.4, -0.2) is 25.5 Å². The summed E-state index contributed by atoms with van der Waals surface area (Å²) in [4.78, 5) is 12.4. The molecule has 0 saturated carbocycles. The Labute approximate surface area is 112 Å². The Morgan fingerprint density at radius 3 is 3.12 bits per heavy atom. The van der Waals surface area contributed by atoms with E-state index >= 15 is 0 Å². The Morgan fingerprint density at radius 2 is 2.47 bits per heavy atom. The van der Waals surface area contributed by atoms with E-state index in [0.29, 0.717) is 0 Å². The van der Waals surface area contributed by atoms with Gasteiger partial charge in [-0.25, -0.2) is 0 Å². The predicted molar refractivity (Wildman–Crippen MR) is 74.1 cm³/mol. The van der Waals surface area contributed by atoms with Crippen molar-refractivity contribution in [2.75, 3.05) is 19.6 Å². The number of rotatable bonds is 4. The molecule has 2 rings (SSSR count). The molecule has 1 aliphatic heterocycles. The second-order valence-electron chi connectivity index (χ2n) is 4.23. The van der Waals surface area contributed by atoms with Gasteiger partial charge < -0.3 is 10.6 Å². The van der Waals surface area contributed by atoms with E-state index in [9.17, 15) is 4.79 Å². The third kappa shape index (κ3) is 4.66. The highest BCUT2D eigenvalue weighted by molar-refractivity contribution is 7.12. The van der Waals surface area contributed by atoms with Gasteiger partial charge in [-0.15, -0.1) is 23.7 Å². The molecule has 17 heavy (non-hydrogen) atoms. The number of carbonyl (C=O) groups is 1. The maximum Gasteiger partial charge on any atom is 0.261 e. The lowest BCUT2D eigenvalue weighted by atomic mass is 9.96. The summed E-state index contributed by atoms with van der Waals surface area (Å²) < 4.78 is 0. The van der Waals surface area contributed by atoms with Crippen molar-refractivity contribution in [3.05, 3.63) is 22.4 Å². The third-order valence-corrected chi connectivity index (χ3v) is 3.85. The van der Waals surface area contributed by atoms with Gasteiger partial charge in [0.2, 0.25) is 0 Å². The van der Waals surface area contributed by atoms with Gasteiger partial charge in [0.05, 0.1) is 4.88 Å². The van der Waals surface area contributed by atoms with E-state index in [4.69, 9.17) is 0 Å². The first-order valence-corrected chi connectivity index (χ1v) is 6.76. The van der Waals surface area contributed by atoms with Gasteiger partial charge >= 0.3 is 0 Å². The minimum Gasteiger partial charge on any atom is -0.351 e. The van der Waals surface area contributed by atoms with Crippen LogP contribution in [0.25, 0.3) is 0 Å². The van der Waals surface area contributed by atoms with Crippen molar-refractivity contribution in [2.45, 2.75) is 19.3 Å². The summed E-state index contributed by atoms with van der Waals surface area (Å²) in [5.41, 5.74) is 0. The Morgan fingerprint density at radius 1 is 1.59 bits per heavy atom. The summed E-state index contributed by atoms with van der Waals surface area (Å²) in [6.07, 6.45) is 3.65. The van der Waals surface area contributed by atoms with Crippen LogP contribution in [0.5, 0.6) is 0 Å². The van der Waals surface area contributed by atoms with Gasteiger partial charge in [-0.05, 0) is 49.7 Å². The van der Waals surface area contributed by atoms with E-state index in [2.05, 4.69) is 10.6 Å². The van der Waals surface area contributed by atoms with Crippen LogP contribution in [-0.2, 0) is 0 Å². The standard InChI is InChI=1S/C12H18N2OS.ClH/c15-12(11-4-2-8-16-11)14-7-5-10-3-1-6-13-9-10;/h2,4,8,10,13H,1,3,5-7,9H2,(H,14,15);1H. The molecule has 2 heterocycles. The first-order valence-electron chi connectivity index (χ1n) is 5.88. The molecule has 0 spiro atoms. The molecular weight excluding hydrogens is 256 g/mol. The highest BCUT2D eigenvalue weighted by Crippen LogP contribution is 2.13. The summed E-state index contributed by atoms with van der Waals surface area (Å²) in [5.74, 6) is 0.802. The molecule has 1 aromatic heterocycles. The number of hydrogen-bond acceptors (Lipinski definition) is 3. The van der Waals surface area contributed by atoms with Crippen LogP contribution in [0.2, 0.25) is 0 Å². The fourth-order valence-corrected chi connectivity index (χ4v) is 2.70. The summed E-state index contributed by atoms with van der Waals surface area (Å²) in [5, 5.41) is 8.30. The molecule has 2 N–H and O–H groups in total. The van der Waals surface area contributed by atoms with Crippen LogP contribution in [0.15, 0.2) is 17.5 Å². The molecule has 0 bridgehead atoms. The second kappa shape index (κ2) is 7.69. The van der Waals surface area contributed by atoms with Gasteiger partial charge in [0, 0.05) is 6.54 Å². The molecule has 0 aliphatic carbocycles. The van der Waals surface area contributed by atoms with Gasteiger partial charge in [-0.1, -0.05) is 6.07 Å². The monoisotopic (exact) mass is 274 g/mol. The zero-order valence-electron chi connectivity index (χ0n) is 9.78. The van der Waals surface area contributed by atoms with Gasteiger partial charge in [-0.3, -0.25) is 4.79 Å². The molecule has 5 heteroatoms. The summed E-state index contributed by atoms with van der Waals surface area (Å²) >= 11 is 1.49. The van der Waals surface area contributed by atoms with Crippen LogP contribution in [0.3, 0.4) is 0 Å². The average molecular weight is 275 g/mol. The molecule has 3 nitrogen and oxygen atoms in total. The Balaban J connectivity index is 0.00000144. The molecule has 1 fully saturated rings. The minimum atomic E-state index is 0. The molecule has 1 aliphatic rings. The second-order valence-corrected chi connectivity index (χ2v) is 5.18. The van der Waals surface area contributed by atoms with Crippen molar-refractivity contribution in [1.82, 2.24) is 10.6 Å². The van der Waals surface area contributed by atoms with Crippen molar-refractivity contribution in [3.8, 4) is 0 Å². The molecule has 1 unspecified atom stereocenters. The van der Waals surface area contributed by atoms with E-state index in [1.807, 2.05) is 17.5 Å². The number of amides is 1. The number of halogens is 1. The topological polar surface area (TPSA) is 41.1 Å². The van der Waals surface area contributed by atoms with E-state index in [1.165, 1.54) is 24.2 Å². The maximum atomic E-state index is 11.6. The van der Waals surface area contributed by atoms with Gasteiger partial charge in [-0.2, -0.15) is 0 Å². The van der Waals surface area contributed by atoms with E-state index in [-0.39, 0.29) is 18.3 Å². The SMILES string of the molecule is Cl.O=C(NCCC1CCCNC1)c1cccs1. The smallest absolute Gasteiger partial charge is 0.261 e. The van der Waals surface area contributed by atoms with Gasteiger partial charge in [0.25, 0.3) is 5.91 Å². The lowest BCUT2D eigenvalue weighted by Gasteiger charge is -2.22. The molecule has 1 saturated heterocycles. The van der Waals surface area contributed by atoms with Crippen LogP contribution in [0, 0.1) is 5.92 Å². The molecule has 1 aromatic rings. The number of thiophene rings is 1. The van der Waals surface area contributed by atoms with Crippen LogP contribution < -0.4 is 10.6 Å². The predicted octanol–water partition coefficient (Wildman–Crippen LogP) is 2.29. The highest BCUT2D eigenvalue weighted by Gasteiger charge is 2.13. The zero-order valence-corrected chi connectivity index (χ0v) is 11.4. The van der Waals surface area contributed by atoms with Crippen molar-refractivity contribution in [2.24, 2.45) is 5.92 Å². The van der Waals surface area contributed by atoms with E-state index in [1.54, 1.807) is 0 Å². The quantitative estimate of drug-likeness (QED) is 0.885. The summed E-state index contributed by atoms with van der Waals surface area (Å²) in [6, 6.07) is 3.77. The van der Waals surface area contributed by atoms with E-state index < -0.39 is 0 Å². The Hall–Kier alpha value is -0.580. The molecule has 0 aromatic carbocycles. The van der Waals surface area contributed by atoms with Crippen molar-refractivity contribution in [1.29, 1.82) is 0 Å². The van der Waals surface area contributed by atoms with Crippen LogP contribution in [0.1, 0.15) is 28.9 Å². The van der Waals surface area contributed by atoms with Gasteiger partial charge in [0.15, 0.2) is 0 Å². The number of nitrogens with one attached hydrogen (secondary N) is 2. The summed E-state index contributed by atoms with van der Waals surface area (Å²) in [7, 11) is 0. The van der Waals surface area contributed by atoms with Gasteiger partial charge in [0.1, 0.15) is 0 Å². The van der Waals surface area contributed by atoms with Crippen molar-refractivity contribution in [3.63, 3.8) is 0 Å². The van der Waals surface area contributed by atoms with E-state index in [0.717, 1.165) is 36.9 Å². The largest absolute Gasteiger partial charge is 0.351 e. The Bertz CT molecular complexity index is 323. The molecule has 1 amide bonds. The Kier molecular flexibility index (Phi) is 6.55. The normalized spacial score (nSPS) is 19.4. The summed E-state index contributed by atoms with van der Waals surface area (Å²) in [6.45, 7) is 3.05. The lowest BCUT2D eigenvalue weighted by Crippen LogP contribution is -2.33. The maximum absolute atomic E-state index is 11.6. The van der Waals surface area contributed by atoms with Crippen LogP contribution >= 0.6 is 23.7 Å². The first kappa shape index (κ1) is 14.5. The molecule has 0 radical (unpaired) electrons.